The zero-order valence-electron chi connectivity index (χ0n) is 10.5. The number of hydrogen-bond donors (Lipinski definition) is 1. The summed E-state index contributed by atoms with van der Waals surface area (Å²) < 4.78 is 0.864. The topological polar surface area (TPSA) is 29.1 Å². The Balaban J connectivity index is 1.92. The van der Waals surface area contributed by atoms with Crippen LogP contribution in [0, 0.1) is 0 Å². The normalized spacial score (nSPS) is 10.3. The Hall–Kier alpha value is -1.03. The molecule has 0 aliphatic carbocycles. The number of benzene rings is 2. The lowest BCUT2D eigenvalue weighted by Crippen LogP contribution is -2.12. The molecule has 0 atom stereocenters. The SMILES string of the molecule is O=C(CCc1ccc(Cl)c(Cl)c1)Nc1ccccc1Br. The molecule has 0 aliphatic heterocycles. The number of carbonyl (C=O) groups excluding carboxylic acids is 1. The van der Waals surface area contributed by atoms with Gasteiger partial charge in [-0.1, -0.05) is 41.4 Å². The standard InChI is InChI=1S/C15H12BrCl2NO/c16-11-3-1-2-4-14(11)19-15(20)8-6-10-5-7-12(17)13(18)9-10/h1-5,7,9H,6,8H2,(H,19,20). The Labute approximate surface area is 136 Å². The van der Waals surface area contributed by atoms with Crippen molar-refractivity contribution in [2.75, 3.05) is 5.32 Å². The van der Waals surface area contributed by atoms with E-state index in [1.807, 2.05) is 30.3 Å². The van der Waals surface area contributed by atoms with Gasteiger partial charge in [0.1, 0.15) is 0 Å². The van der Waals surface area contributed by atoms with Gasteiger partial charge in [0.2, 0.25) is 5.91 Å². The van der Waals surface area contributed by atoms with Crippen molar-refractivity contribution in [3.63, 3.8) is 0 Å². The molecule has 0 saturated carbocycles. The first kappa shape index (κ1) is 15.4. The average Bonchev–Trinajstić information content (AvgIpc) is 2.43. The minimum Gasteiger partial charge on any atom is -0.325 e. The number of aryl methyl sites for hydroxylation is 1. The van der Waals surface area contributed by atoms with Crippen molar-refractivity contribution in [3.05, 3.63) is 62.5 Å². The number of halogens is 3. The van der Waals surface area contributed by atoms with E-state index in [1.54, 1.807) is 12.1 Å². The van der Waals surface area contributed by atoms with Crippen molar-refractivity contribution in [2.45, 2.75) is 12.8 Å². The van der Waals surface area contributed by atoms with Crippen LogP contribution in [-0.4, -0.2) is 5.91 Å². The van der Waals surface area contributed by atoms with Gasteiger partial charge in [0, 0.05) is 10.9 Å². The summed E-state index contributed by atoms with van der Waals surface area (Å²) in [5.41, 5.74) is 1.76. The van der Waals surface area contributed by atoms with Gasteiger partial charge in [-0.25, -0.2) is 0 Å². The number of hydrogen-bond acceptors (Lipinski definition) is 1. The first-order valence-corrected chi connectivity index (χ1v) is 7.59. The van der Waals surface area contributed by atoms with E-state index in [-0.39, 0.29) is 5.91 Å². The van der Waals surface area contributed by atoms with Gasteiger partial charge in [-0.3, -0.25) is 4.79 Å². The summed E-state index contributed by atoms with van der Waals surface area (Å²) in [5, 5.41) is 3.89. The molecule has 0 fully saturated rings. The summed E-state index contributed by atoms with van der Waals surface area (Å²) in [4.78, 5) is 11.9. The highest BCUT2D eigenvalue weighted by Gasteiger charge is 2.06. The summed E-state index contributed by atoms with van der Waals surface area (Å²) in [6, 6.07) is 12.9. The van der Waals surface area contributed by atoms with Crippen molar-refractivity contribution in [3.8, 4) is 0 Å². The zero-order valence-corrected chi connectivity index (χ0v) is 13.6. The van der Waals surface area contributed by atoms with E-state index in [1.165, 1.54) is 0 Å². The lowest BCUT2D eigenvalue weighted by atomic mass is 10.1. The van der Waals surface area contributed by atoms with Crippen molar-refractivity contribution in [1.29, 1.82) is 0 Å². The fraction of sp³-hybridized carbons (Fsp3) is 0.133. The number of carbonyl (C=O) groups is 1. The smallest absolute Gasteiger partial charge is 0.224 e. The summed E-state index contributed by atoms with van der Waals surface area (Å²) >= 11 is 15.2. The second-order valence-corrected chi connectivity index (χ2v) is 5.95. The number of nitrogens with one attached hydrogen (secondary N) is 1. The van der Waals surface area contributed by atoms with E-state index in [0.717, 1.165) is 15.7 Å². The molecule has 2 aromatic rings. The molecule has 1 amide bonds. The Morgan fingerprint density at radius 3 is 2.55 bits per heavy atom. The molecule has 0 spiro atoms. The van der Waals surface area contributed by atoms with Crippen LogP contribution >= 0.6 is 39.1 Å². The Morgan fingerprint density at radius 2 is 1.85 bits per heavy atom. The highest BCUT2D eigenvalue weighted by Crippen LogP contribution is 2.24. The number of amides is 1. The molecule has 1 N–H and O–H groups in total. The maximum Gasteiger partial charge on any atom is 0.224 e. The lowest BCUT2D eigenvalue weighted by Gasteiger charge is -2.07. The molecule has 20 heavy (non-hydrogen) atoms. The van der Waals surface area contributed by atoms with Crippen LogP contribution in [0.5, 0.6) is 0 Å². The van der Waals surface area contributed by atoms with Crippen LogP contribution in [0.15, 0.2) is 46.9 Å². The Kier molecular flexibility index (Phi) is 5.46. The molecule has 0 heterocycles. The molecular weight excluding hydrogens is 361 g/mol. The van der Waals surface area contributed by atoms with E-state index in [2.05, 4.69) is 21.2 Å². The molecule has 0 radical (unpaired) electrons. The summed E-state index contributed by atoms with van der Waals surface area (Å²) in [5.74, 6) is -0.0389. The molecule has 0 aromatic heterocycles. The van der Waals surface area contributed by atoms with Gasteiger partial charge in [-0.15, -0.1) is 0 Å². The quantitative estimate of drug-likeness (QED) is 0.772. The second-order valence-electron chi connectivity index (χ2n) is 4.28. The minimum atomic E-state index is -0.0389. The van der Waals surface area contributed by atoms with Crippen LogP contribution in [0.4, 0.5) is 5.69 Å². The molecule has 104 valence electrons. The third-order valence-corrected chi connectivity index (χ3v) is 4.20. The van der Waals surface area contributed by atoms with Crippen LogP contribution < -0.4 is 5.32 Å². The predicted molar refractivity (Wildman–Crippen MR) is 87.6 cm³/mol. The van der Waals surface area contributed by atoms with Crippen LogP contribution in [0.2, 0.25) is 10.0 Å². The second kappa shape index (κ2) is 7.11. The number of para-hydroxylation sites is 1. The van der Waals surface area contributed by atoms with E-state index in [4.69, 9.17) is 23.2 Å². The average molecular weight is 373 g/mol. The molecule has 5 heteroatoms. The van der Waals surface area contributed by atoms with Gasteiger partial charge in [-0.05, 0) is 52.2 Å². The van der Waals surface area contributed by atoms with Gasteiger partial charge in [0.25, 0.3) is 0 Å². The molecule has 0 aliphatic rings. The van der Waals surface area contributed by atoms with Gasteiger partial charge >= 0.3 is 0 Å². The Morgan fingerprint density at radius 1 is 1.10 bits per heavy atom. The van der Waals surface area contributed by atoms with E-state index < -0.39 is 0 Å². The molecule has 0 unspecified atom stereocenters. The van der Waals surface area contributed by atoms with Crippen molar-refractivity contribution in [2.24, 2.45) is 0 Å². The molecule has 2 rings (SSSR count). The number of rotatable bonds is 4. The fourth-order valence-corrected chi connectivity index (χ4v) is 2.43. The maximum absolute atomic E-state index is 11.9. The lowest BCUT2D eigenvalue weighted by molar-refractivity contribution is -0.116. The first-order chi connectivity index (χ1) is 9.56. The van der Waals surface area contributed by atoms with E-state index in [0.29, 0.717) is 22.9 Å². The van der Waals surface area contributed by atoms with Gasteiger partial charge in [0.15, 0.2) is 0 Å². The first-order valence-electron chi connectivity index (χ1n) is 6.04. The Bertz CT molecular complexity index is 631. The van der Waals surface area contributed by atoms with Gasteiger partial charge in [0.05, 0.1) is 15.7 Å². The van der Waals surface area contributed by atoms with Crippen LogP contribution in [-0.2, 0) is 11.2 Å². The van der Waals surface area contributed by atoms with E-state index in [9.17, 15) is 4.79 Å². The zero-order chi connectivity index (χ0) is 14.5. The molecule has 2 nitrogen and oxygen atoms in total. The van der Waals surface area contributed by atoms with Crippen LogP contribution in [0.25, 0.3) is 0 Å². The molecule has 0 bridgehead atoms. The number of anilines is 1. The highest BCUT2D eigenvalue weighted by molar-refractivity contribution is 9.10. The molecule has 2 aromatic carbocycles. The summed E-state index contributed by atoms with van der Waals surface area (Å²) in [7, 11) is 0. The monoisotopic (exact) mass is 371 g/mol. The van der Waals surface area contributed by atoms with Crippen LogP contribution in [0.1, 0.15) is 12.0 Å². The van der Waals surface area contributed by atoms with Crippen molar-refractivity contribution in [1.82, 2.24) is 0 Å². The summed E-state index contributed by atoms with van der Waals surface area (Å²) in [6.45, 7) is 0. The highest BCUT2D eigenvalue weighted by atomic mass is 79.9. The van der Waals surface area contributed by atoms with Crippen molar-refractivity contribution < 1.29 is 4.79 Å². The third-order valence-electron chi connectivity index (χ3n) is 2.77. The maximum atomic E-state index is 11.9. The van der Waals surface area contributed by atoms with Crippen LogP contribution in [0.3, 0.4) is 0 Å². The van der Waals surface area contributed by atoms with Crippen molar-refractivity contribution >= 4 is 50.7 Å². The molecular formula is C15H12BrCl2NO. The van der Waals surface area contributed by atoms with E-state index >= 15 is 0 Å². The van der Waals surface area contributed by atoms with Gasteiger partial charge < -0.3 is 5.32 Å². The predicted octanol–water partition coefficient (Wildman–Crippen LogP) is 5.33. The fourth-order valence-electron chi connectivity index (χ4n) is 1.73. The minimum absolute atomic E-state index is 0.0389. The summed E-state index contributed by atoms with van der Waals surface area (Å²) in [6.07, 6.45) is 1.01. The third kappa shape index (κ3) is 4.23. The largest absolute Gasteiger partial charge is 0.325 e. The van der Waals surface area contributed by atoms with Gasteiger partial charge in [-0.2, -0.15) is 0 Å². The molecule has 0 saturated heterocycles.